The molecule has 0 bridgehead atoms. The first-order chi connectivity index (χ1) is 6.49. The van der Waals surface area contributed by atoms with Crippen molar-refractivity contribution in [1.82, 2.24) is 4.98 Å². The molecular weight excluding hydrogens is 178 g/mol. The van der Waals surface area contributed by atoms with E-state index in [2.05, 4.69) is 4.98 Å². The molecule has 0 aliphatic heterocycles. The van der Waals surface area contributed by atoms with Crippen LogP contribution in [0.5, 0.6) is 0 Å². The van der Waals surface area contributed by atoms with Crippen molar-refractivity contribution in [2.75, 3.05) is 18.5 Å². The van der Waals surface area contributed by atoms with Crippen molar-refractivity contribution in [3.8, 4) is 0 Å². The predicted molar refractivity (Wildman–Crippen MR) is 57.0 cm³/mol. The fourth-order valence-electron chi connectivity index (χ4n) is 1.18. The number of hydrogen-bond acceptors (Lipinski definition) is 2. The Balaban J connectivity index is 2.81. The van der Waals surface area contributed by atoms with Gasteiger partial charge in [-0.2, -0.15) is 0 Å². The first-order valence-electron chi connectivity index (χ1n) is 4.60. The van der Waals surface area contributed by atoms with Gasteiger partial charge < -0.3 is 15.6 Å². The van der Waals surface area contributed by atoms with Crippen molar-refractivity contribution < 1.29 is 4.79 Å². The van der Waals surface area contributed by atoms with Crippen LogP contribution in [0.1, 0.15) is 13.8 Å². The number of nitrogens with zero attached hydrogens (tertiary/aromatic N) is 1. The van der Waals surface area contributed by atoms with Crippen LogP contribution < -0.4 is 10.6 Å². The van der Waals surface area contributed by atoms with E-state index in [1.807, 2.05) is 26.0 Å². The summed E-state index contributed by atoms with van der Waals surface area (Å²) in [7, 11) is 1.74. The lowest BCUT2D eigenvalue weighted by molar-refractivity contribution is -0.125. The summed E-state index contributed by atoms with van der Waals surface area (Å²) in [5, 5.41) is 0. The number of hydrogen-bond donors (Lipinski definition) is 2. The minimum atomic E-state index is -0.514. The first kappa shape index (κ1) is 10.8. The highest BCUT2D eigenvalue weighted by molar-refractivity contribution is 5.96. The highest BCUT2D eigenvalue weighted by Crippen LogP contribution is 2.19. The third-order valence-corrected chi connectivity index (χ3v) is 2.34. The lowest BCUT2D eigenvalue weighted by Gasteiger charge is -2.27. The van der Waals surface area contributed by atoms with Crippen LogP contribution in [0.15, 0.2) is 18.3 Å². The normalized spacial score (nSPS) is 11.4. The maximum Gasteiger partial charge on any atom is 0.234 e. The van der Waals surface area contributed by atoms with E-state index in [0.717, 1.165) is 5.82 Å². The summed E-state index contributed by atoms with van der Waals surface area (Å²) in [6.07, 6.45) is 1.79. The van der Waals surface area contributed by atoms with Crippen LogP contribution in [0, 0.1) is 5.41 Å². The molecule has 1 aromatic heterocycles. The van der Waals surface area contributed by atoms with E-state index in [0.29, 0.717) is 6.54 Å². The summed E-state index contributed by atoms with van der Waals surface area (Å²) in [4.78, 5) is 16.5. The Bertz CT molecular complexity index is 303. The van der Waals surface area contributed by atoms with Gasteiger partial charge in [-0.1, -0.05) is 0 Å². The van der Waals surface area contributed by atoms with Crippen molar-refractivity contribution in [2.24, 2.45) is 11.1 Å². The van der Waals surface area contributed by atoms with Gasteiger partial charge in [-0.05, 0) is 26.0 Å². The molecule has 0 aromatic carbocycles. The summed E-state index contributed by atoms with van der Waals surface area (Å²) in [6, 6.07) is 3.71. The fraction of sp³-hybridized carbons (Fsp3) is 0.500. The molecule has 78 valence electrons. The summed E-state index contributed by atoms with van der Waals surface area (Å²) in [5.41, 5.74) is 5.03. The third kappa shape index (κ3) is 1.96. The Kier molecular flexibility index (Phi) is 2.96. The summed E-state index contributed by atoms with van der Waals surface area (Å²) >= 11 is 0. The molecule has 0 spiro atoms. The molecule has 0 radical (unpaired) electrons. The highest BCUT2D eigenvalue weighted by atomic mass is 16.2. The molecule has 0 unspecified atom stereocenters. The van der Waals surface area contributed by atoms with Gasteiger partial charge in [0.2, 0.25) is 5.91 Å². The Morgan fingerprint density at radius 3 is 2.71 bits per heavy atom. The molecule has 1 rings (SSSR count). The van der Waals surface area contributed by atoms with E-state index in [1.165, 1.54) is 0 Å². The summed E-state index contributed by atoms with van der Waals surface area (Å²) in [6.45, 7) is 4.03. The molecule has 0 aliphatic rings. The van der Waals surface area contributed by atoms with Crippen LogP contribution in [-0.2, 0) is 4.79 Å². The Morgan fingerprint density at radius 1 is 1.64 bits per heavy atom. The second-order valence-corrected chi connectivity index (χ2v) is 4.01. The molecule has 1 amide bonds. The van der Waals surface area contributed by atoms with Crippen molar-refractivity contribution in [3.05, 3.63) is 18.3 Å². The number of anilines is 1. The number of nitrogens with two attached hydrogens (primary N) is 1. The third-order valence-electron chi connectivity index (χ3n) is 2.34. The Hall–Kier alpha value is -1.29. The van der Waals surface area contributed by atoms with Gasteiger partial charge in [0.1, 0.15) is 5.82 Å². The van der Waals surface area contributed by atoms with Gasteiger partial charge in [-0.25, -0.2) is 0 Å². The van der Waals surface area contributed by atoms with Gasteiger partial charge in [0.05, 0.1) is 5.41 Å². The zero-order valence-electron chi connectivity index (χ0n) is 8.87. The number of rotatable bonds is 3. The van der Waals surface area contributed by atoms with Crippen molar-refractivity contribution in [1.29, 1.82) is 0 Å². The molecule has 0 atom stereocenters. The molecule has 4 nitrogen and oxygen atoms in total. The van der Waals surface area contributed by atoms with Crippen molar-refractivity contribution in [3.63, 3.8) is 0 Å². The first-order valence-corrected chi connectivity index (χ1v) is 4.60. The molecule has 1 heterocycles. The van der Waals surface area contributed by atoms with E-state index >= 15 is 0 Å². The summed E-state index contributed by atoms with van der Waals surface area (Å²) in [5.74, 6) is 0.805. The largest absolute Gasteiger partial charge is 0.348 e. The number of H-pyrrole nitrogens is 1. The van der Waals surface area contributed by atoms with Gasteiger partial charge >= 0.3 is 0 Å². The van der Waals surface area contributed by atoms with E-state index in [1.54, 1.807) is 18.1 Å². The van der Waals surface area contributed by atoms with Crippen LogP contribution >= 0.6 is 0 Å². The molecule has 0 aliphatic carbocycles. The van der Waals surface area contributed by atoms with E-state index in [-0.39, 0.29) is 5.91 Å². The summed E-state index contributed by atoms with van der Waals surface area (Å²) < 4.78 is 0. The molecule has 1 aromatic rings. The van der Waals surface area contributed by atoms with Gasteiger partial charge in [-0.15, -0.1) is 0 Å². The quantitative estimate of drug-likeness (QED) is 0.754. The average molecular weight is 195 g/mol. The molecule has 3 N–H and O–H groups in total. The van der Waals surface area contributed by atoms with Gasteiger partial charge in [-0.3, -0.25) is 4.79 Å². The molecular formula is C10H17N3O. The number of nitrogens with one attached hydrogen (secondary N) is 1. The minimum Gasteiger partial charge on any atom is -0.348 e. The monoisotopic (exact) mass is 195 g/mol. The smallest absolute Gasteiger partial charge is 0.234 e. The number of carbonyl (C=O) groups is 1. The van der Waals surface area contributed by atoms with Crippen LogP contribution in [-0.4, -0.2) is 24.5 Å². The number of aromatic nitrogens is 1. The standard InChI is InChI=1S/C10H17N3O/c1-10(2,7-11)9(14)13(3)8-5-4-6-12-8/h4-6,12H,7,11H2,1-3H3. The Morgan fingerprint density at radius 2 is 2.29 bits per heavy atom. The van der Waals surface area contributed by atoms with Crippen LogP contribution in [0.25, 0.3) is 0 Å². The molecule has 14 heavy (non-hydrogen) atoms. The zero-order chi connectivity index (χ0) is 10.8. The van der Waals surface area contributed by atoms with Gasteiger partial charge in [0.25, 0.3) is 0 Å². The van der Waals surface area contributed by atoms with Crippen LogP contribution in [0.4, 0.5) is 5.82 Å². The second-order valence-electron chi connectivity index (χ2n) is 4.01. The van der Waals surface area contributed by atoms with Crippen molar-refractivity contribution in [2.45, 2.75) is 13.8 Å². The van der Waals surface area contributed by atoms with Gasteiger partial charge in [0, 0.05) is 19.8 Å². The molecule has 4 heteroatoms. The molecule has 0 saturated heterocycles. The van der Waals surface area contributed by atoms with Crippen LogP contribution in [0.2, 0.25) is 0 Å². The van der Waals surface area contributed by atoms with E-state index in [4.69, 9.17) is 5.73 Å². The maximum absolute atomic E-state index is 11.9. The minimum absolute atomic E-state index is 0.0162. The Labute approximate surface area is 84.1 Å². The van der Waals surface area contributed by atoms with E-state index in [9.17, 15) is 4.79 Å². The van der Waals surface area contributed by atoms with Crippen LogP contribution in [0.3, 0.4) is 0 Å². The van der Waals surface area contributed by atoms with E-state index < -0.39 is 5.41 Å². The highest BCUT2D eigenvalue weighted by Gasteiger charge is 2.29. The SMILES string of the molecule is CN(C(=O)C(C)(C)CN)c1ccc[nH]1. The maximum atomic E-state index is 11.9. The predicted octanol–water partition coefficient (Wildman–Crippen LogP) is 0.962. The fourth-order valence-corrected chi connectivity index (χ4v) is 1.18. The topological polar surface area (TPSA) is 62.1 Å². The lowest BCUT2D eigenvalue weighted by atomic mass is 9.92. The number of aromatic amines is 1. The van der Waals surface area contributed by atoms with Gasteiger partial charge in [0.15, 0.2) is 0 Å². The molecule has 0 saturated carbocycles. The number of carbonyl (C=O) groups excluding carboxylic acids is 1. The lowest BCUT2D eigenvalue weighted by Crippen LogP contribution is -2.43. The zero-order valence-corrected chi connectivity index (χ0v) is 8.87. The second kappa shape index (κ2) is 3.84. The van der Waals surface area contributed by atoms with Crippen molar-refractivity contribution >= 4 is 11.7 Å². The number of amides is 1. The average Bonchev–Trinajstić information content (AvgIpc) is 2.68. The molecule has 0 fully saturated rings.